The summed E-state index contributed by atoms with van der Waals surface area (Å²) in [6.45, 7) is 0. The Bertz CT molecular complexity index is 665. The van der Waals surface area contributed by atoms with Crippen molar-refractivity contribution in [3.8, 4) is 5.75 Å². The number of benzene rings is 1. The molecule has 1 aromatic carbocycles. The molecule has 7 heteroatoms. The molecular weight excluding hydrogens is 280 g/mol. The Morgan fingerprint density at radius 1 is 1.15 bits per heavy atom. The molecule has 2 heterocycles. The van der Waals surface area contributed by atoms with Gasteiger partial charge in [0, 0.05) is 4.90 Å². The standard InChI is InChI=1S/C13H10N2O4S/c16-7-1-3-8(4-2-7)20-9-5-6-19-11(9)10-12(17)15-13(18)14-10/h1-6,10,16H,(H2,14,15,17,18). The van der Waals surface area contributed by atoms with Gasteiger partial charge in [-0.2, -0.15) is 0 Å². The number of imide groups is 1. The Morgan fingerprint density at radius 2 is 1.90 bits per heavy atom. The molecule has 1 aromatic heterocycles. The van der Waals surface area contributed by atoms with Gasteiger partial charge >= 0.3 is 6.03 Å². The predicted molar refractivity (Wildman–Crippen MR) is 70.4 cm³/mol. The van der Waals surface area contributed by atoms with Gasteiger partial charge in [-0.25, -0.2) is 4.79 Å². The number of phenols is 1. The number of nitrogens with one attached hydrogen (secondary N) is 2. The molecule has 6 nitrogen and oxygen atoms in total. The summed E-state index contributed by atoms with van der Waals surface area (Å²) in [6.07, 6.45) is 1.47. The van der Waals surface area contributed by atoms with Gasteiger partial charge in [-0.05, 0) is 30.3 Å². The average molecular weight is 290 g/mol. The largest absolute Gasteiger partial charge is 0.508 e. The van der Waals surface area contributed by atoms with Crippen LogP contribution in [0.15, 0.2) is 50.8 Å². The molecule has 0 spiro atoms. The number of rotatable bonds is 3. The number of phenolic OH excluding ortho intramolecular Hbond substituents is 1. The first-order valence-corrected chi connectivity index (χ1v) is 6.61. The van der Waals surface area contributed by atoms with E-state index in [9.17, 15) is 14.7 Å². The topological polar surface area (TPSA) is 91.6 Å². The number of hydrogen-bond donors (Lipinski definition) is 3. The summed E-state index contributed by atoms with van der Waals surface area (Å²) in [5.74, 6) is 0.146. The van der Waals surface area contributed by atoms with Crippen molar-refractivity contribution in [3.63, 3.8) is 0 Å². The summed E-state index contributed by atoms with van der Waals surface area (Å²) >= 11 is 1.38. The van der Waals surface area contributed by atoms with Gasteiger partial charge in [-0.3, -0.25) is 10.1 Å². The van der Waals surface area contributed by atoms with Crippen molar-refractivity contribution >= 4 is 23.7 Å². The summed E-state index contributed by atoms with van der Waals surface area (Å²) in [5.41, 5.74) is 0. The highest BCUT2D eigenvalue weighted by Crippen LogP contribution is 2.35. The highest BCUT2D eigenvalue weighted by atomic mass is 32.2. The molecule has 3 amide bonds. The van der Waals surface area contributed by atoms with Gasteiger partial charge in [0.15, 0.2) is 6.04 Å². The van der Waals surface area contributed by atoms with E-state index in [1.807, 2.05) is 0 Å². The zero-order valence-corrected chi connectivity index (χ0v) is 10.9. The van der Waals surface area contributed by atoms with Crippen LogP contribution in [0.5, 0.6) is 5.75 Å². The van der Waals surface area contributed by atoms with E-state index < -0.39 is 18.0 Å². The molecule has 0 aliphatic carbocycles. The molecule has 1 fully saturated rings. The third-order valence-corrected chi connectivity index (χ3v) is 3.82. The van der Waals surface area contributed by atoms with Crippen LogP contribution < -0.4 is 10.6 Å². The van der Waals surface area contributed by atoms with Gasteiger partial charge in [-0.1, -0.05) is 11.8 Å². The number of carbonyl (C=O) groups excluding carboxylic acids is 2. The van der Waals surface area contributed by atoms with Crippen molar-refractivity contribution in [2.75, 3.05) is 0 Å². The Hall–Kier alpha value is -2.41. The summed E-state index contributed by atoms with van der Waals surface area (Å²) in [5, 5.41) is 13.9. The quantitative estimate of drug-likeness (QED) is 0.752. The zero-order valence-electron chi connectivity index (χ0n) is 10.1. The van der Waals surface area contributed by atoms with Gasteiger partial charge < -0.3 is 14.8 Å². The fraction of sp³-hybridized carbons (Fsp3) is 0.0769. The second-order valence-corrected chi connectivity index (χ2v) is 5.26. The van der Waals surface area contributed by atoms with E-state index in [4.69, 9.17) is 4.42 Å². The monoisotopic (exact) mass is 290 g/mol. The minimum Gasteiger partial charge on any atom is -0.508 e. The molecule has 0 radical (unpaired) electrons. The predicted octanol–water partition coefficient (Wildman–Crippen LogP) is 2.02. The highest BCUT2D eigenvalue weighted by molar-refractivity contribution is 7.99. The summed E-state index contributed by atoms with van der Waals surface area (Å²) in [7, 11) is 0. The first-order valence-electron chi connectivity index (χ1n) is 5.79. The number of urea groups is 1. The average Bonchev–Trinajstić information content (AvgIpc) is 2.98. The Labute approximate surface area is 118 Å². The molecule has 1 unspecified atom stereocenters. The first kappa shape index (κ1) is 12.6. The fourth-order valence-electron chi connectivity index (χ4n) is 1.85. The van der Waals surface area contributed by atoms with Gasteiger partial charge in [0.05, 0.1) is 11.2 Å². The number of amides is 3. The van der Waals surface area contributed by atoms with Crippen molar-refractivity contribution in [3.05, 3.63) is 42.4 Å². The fourth-order valence-corrected chi connectivity index (χ4v) is 2.76. The summed E-state index contributed by atoms with van der Waals surface area (Å²) in [4.78, 5) is 24.4. The van der Waals surface area contributed by atoms with E-state index in [1.54, 1.807) is 30.3 Å². The van der Waals surface area contributed by atoms with Crippen molar-refractivity contribution < 1.29 is 19.1 Å². The second kappa shape index (κ2) is 4.93. The Kier molecular flexibility index (Phi) is 3.11. The minimum absolute atomic E-state index is 0.184. The van der Waals surface area contributed by atoms with Crippen molar-refractivity contribution in [2.24, 2.45) is 0 Å². The third kappa shape index (κ3) is 2.35. The minimum atomic E-state index is -0.808. The second-order valence-electron chi connectivity index (χ2n) is 4.14. The highest BCUT2D eigenvalue weighted by Gasteiger charge is 2.35. The number of furan rings is 1. The summed E-state index contributed by atoms with van der Waals surface area (Å²) < 4.78 is 5.32. The molecule has 0 bridgehead atoms. The molecular formula is C13H10N2O4S. The maximum absolute atomic E-state index is 11.6. The number of carbonyl (C=O) groups is 2. The molecule has 102 valence electrons. The number of hydrogen-bond acceptors (Lipinski definition) is 5. The van der Waals surface area contributed by atoms with Crippen molar-refractivity contribution in [2.45, 2.75) is 15.8 Å². The van der Waals surface area contributed by atoms with Gasteiger partial charge in [0.25, 0.3) is 5.91 Å². The van der Waals surface area contributed by atoms with Crippen LogP contribution in [0.2, 0.25) is 0 Å². The van der Waals surface area contributed by atoms with Crippen molar-refractivity contribution in [1.82, 2.24) is 10.6 Å². The van der Waals surface area contributed by atoms with Gasteiger partial charge in [-0.15, -0.1) is 0 Å². The summed E-state index contributed by atoms with van der Waals surface area (Å²) in [6, 6.07) is 7.05. The molecule has 1 aliphatic rings. The lowest BCUT2D eigenvalue weighted by Gasteiger charge is -2.07. The van der Waals surface area contributed by atoms with E-state index in [0.717, 1.165) is 9.79 Å². The molecule has 3 N–H and O–H groups in total. The van der Waals surface area contributed by atoms with Gasteiger partial charge in [0.1, 0.15) is 11.5 Å². The van der Waals surface area contributed by atoms with E-state index in [2.05, 4.69) is 10.6 Å². The lowest BCUT2D eigenvalue weighted by Crippen LogP contribution is -2.22. The van der Waals surface area contributed by atoms with E-state index >= 15 is 0 Å². The first-order chi connectivity index (χ1) is 9.63. The van der Waals surface area contributed by atoms with Crippen LogP contribution in [-0.2, 0) is 4.79 Å². The molecule has 1 saturated heterocycles. The molecule has 1 aliphatic heterocycles. The van der Waals surface area contributed by atoms with Crippen LogP contribution >= 0.6 is 11.8 Å². The van der Waals surface area contributed by atoms with Crippen LogP contribution in [0.1, 0.15) is 11.8 Å². The number of aromatic hydroxyl groups is 1. The van der Waals surface area contributed by atoms with Crippen LogP contribution in [0.25, 0.3) is 0 Å². The third-order valence-electron chi connectivity index (χ3n) is 2.76. The maximum atomic E-state index is 11.6. The normalized spacial score (nSPS) is 17.9. The molecule has 1 atom stereocenters. The van der Waals surface area contributed by atoms with Crippen molar-refractivity contribution in [1.29, 1.82) is 0 Å². The van der Waals surface area contributed by atoms with E-state index in [0.29, 0.717) is 5.76 Å². The lowest BCUT2D eigenvalue weighted by atomic mass is 10.2. The SMILES string of the molecule is O=C1NC(=O)C(c2occc2Sc2ccc(O)cc2)N1. The zero-order chi connectivity index (χ0) is 14.1. The van der Waals surface area contributed by atoms with Crippen LogP contribution in [-0.4, -0.2) is 17.0 Å². The Morgan fingerprint density at radius 3 is 2.55 bits per heavy atom. The lowest BCUT2D eigenvalue weighted by molar-refractivity contribution is -0.120. The maximum Gasteiger partial charge on any atom is 0.322 e. The van der Waals surface area contributed by atoms with Gasteiger partial charge in [0.2, 0.25) is 0 Å². The molecule has 20 heavy (non-hydrogen) atoms. The molecule has 0 saturated carbocycles. The van der Waals surface area contributed by atoms with E-state index in [-0.39, 0.29) is 5.75 Å². The van der Waals surface area contributed by atoms with Crippen LogP contribution in [0, 0.1) is 0 Å². The molecule has 2 aromatic rings. The molecule has 3 rings (SSSR count). The van der Waals surface area contributed by atoms with E-state index in [1.165, 1.54) is 18.0 Å². The van der Waals surface area contributed by atoms with Crippen LogP contribution in [0.4, 0.5) is 4.79 Å². The van der Waals surface area contributed by atoms with Crippen LogP contribution in [0.3, 0.4) is 0 Å². The smallest absolute Gasteiger partial charge is 0.322 e. The Balaban J connectivity index is 1.85.